The minimum absolute atomic E-state index is 0.148. The Hall–Kier alpha value is -3.46. The van der Waals surface area contributed by atoms with Crippen LogP contribution in [0, 0.1) is 17.8 Å². The van der Waals surface area contributed by atoms with Gasteiger partial charge in [-0.05, 0) is 61.9 Å². The zero-order chi connectivity index (χ0) is 30.9. The summed E-state index contributed by atoms with van der Waals surface area (Å²) in [5.41, 5.74) is -1.06. The highest BCUT2D eigenvalue weighted by Crippen LogP contribution is 2.66. The van der Waals surface area contributed by atoms with Gasteiger partial charge in [-0.1, -0.05) is 61.0 Å². The standard InChI is InChI=1S/C34H39ClN2O6/c1-5-7-11-19-42-32(41)28-27-30(39)37(26(21-38)23-12-9-8-10-13-23)29(34(27)20-22(3)33(28,4)43-34)31(40)36(18-6-2)25-16-14-24(35)15-17-25/h5-6,8-10,12-17,22,26-29,38H,1-2,7,11,18-21H2,3-4H3/t22?,26-,27+,28-,29?,33+,34?/m1/s1. The molecular weight excluding hydrogens is 568 g/mol. The van der Waals surface area contributed by atoms with Gasteiger partial charge >= 0.3 is 5.97 Å². The molecule has 2 bridgehead atoms. The van der Waals surface area contributed by atoms with Crippen LogP contribution in [-0.2, 0) is 23.9 Å². The van der Waals surface area contributed by atoms with Crippen molar-refractivity contribution in [3.8, 4) is 0 Å². The molecule has 7 atom stereocenters. The summed E-state index contributed by atoms with van der Waals surface area (Å²) < 4.78 is 12.5. The summed E-state index contributed by atoms with van der Waals surface area (Å²) in [4.78, 5) is 46.3. The van der Waals surface area contributed by atoms with Crippen LogP contribution in [0.4, 0.5) is 5.69 Å². The molecule has 0 aliphatic carbocycles. The predicted molar refractivity (Wildman–Crippen MR) is 164 cm³/mol. The van der Waals surface area contributed by atoms with Gasteiger partial charge < -0.3 is 24.4 Å². The van der Waals surface area contributed by atoms with Crippen molar-refractivity contribution in [1.82, 2.24) is 4.90 Å². The topological polar surface area (TPSA) is 96.4 Å². The number of likely N-dealkylation sites (tertiary alicyclic amines) is 1. The minimum atomic E-state index is -1.30. The SMILES string of the molecule is C=CCCCOC(=O)[C@H]1[C@H]2C(=O)N([C@H](CO)c3ccccc3)C(C(=O)N(CC=C)c3ccc(Cl)cc3)C23CC(C)[C@]1(C)O3. The molecule has 0 saturated carbocycles. The van der Waals surface area contributed by atoms with Crippen molar-refractivity contribution in [2.24, 2.45) is 17.8 Å². The van der Waals surface area contributed by atoms with E-state index in [-0.39, 0.29) is 25.0 Å². The molecule has 2 aromatic carbocycles. The van der Waals surface area contributed by atoms with Crippen LogP contribution in [-0.4, -0.2) is 64.8 Å². The summed E-state index contributed by atoms with van der Waals surface area (Å²) in [6, 6.07) is 14.0. The number of esters is 1. The normalized spacial score (nSPS) is 29.7. The third-order valence-corrected chi connectivity index (χ3v) is 9.70. The summed E-state index contributed by atoms with van der Waals surface area (Å²) >= 11 is 6.15. The number of amides is 2. The smallest absolute Gasteiger partial charge is 0.312 e. The van der Waals surface area contributed by atoms with Crippen molar-refractivity contribution in [3.05, 3.63) is 90.5 Å². The van der Waals surface area contributed by atoms with E-state index in [1.54, 1.807) is 41.3 Å². The molecule has 43 heavy (non-hydrogen) atoms. The van der Waals surface area contributed by atoms with Crippen LogP contribution in [0.2, 0.25) is 5.02 Å². The van der Waals surface area contributed by atoms with E-state index in [0.29, 0.717) is 35.5 Å². The molecule has 3 heterocycles. The Balaban J connectivity index is 1.63. The molecular formula is C34H39ClN2O6. The summed E-state index contributed by atoms with van der Waals surface area (Å²) in [5, 5.41) is 11.2. The summed E-state index contributed by atoms with van der Waals surface area (Å²) in [7, 11) is 0. The number of rotatable bonds is 12. The van der Waals surface area contributed by atoms with E-state index in [4.69, 9.17) is 21.1 Å². The zero-order valence-electron chi connectivity index (χ0n) is 24.7. The number of fused-ring (bicyclic) bond motifs is 1. The molecule has 1 spiro atoms. The van der Waals surface area contributed by atoms with Crippen molar-refractivity contribution >= 4 is 35.1 Å². The lowest BCUT2D eigenvalue weighted by atomic mass is 9.62. The molecule has 2 aromatic rings. The van der Waals surface area contributed by atoms with Crippen molar-refractivity contribution in [2.45, 2.75) is 56.4 Å². The van der Waals surface area contributed by atoms with Crippen LogP contribution < -0.4 is 4.90 Å². The maximum atomic E-state index is 14.8. The molecule has 0 aromatic heterocycles. The van der Waals surface area contributed by atoms with Crippen molar-refractivity contribution in [2.75, 3.05) is 24.7 Å². The highest BCUT2D eigenvalue weighted by atomic mass is 35.5. The minimum Gasteiger partial charge on any atom is -0.465 e. The lowest BCUT2D eigenvalue weighted by Crippen LogP contribution is -2.57. The van der Waals surface area contributed by atoms with Gasteiger partial charge in [-0.15, -0.1) is 13.2 Å². The van der Waals surface area contributed by atoms with E-state index in [1.165, 1.54) is 4.90 Å². The molecule has 9 heteroatoms. The van der Waals surface area contributed by atoms with Crippen molar-refractivity contribution < 1.29 is 29.0 Å². The first-order valence-electron chi connectivity index (χ1n) is 14.8. The molecule has 3 aliphatic heterocycles. The third kappa shape index (κ3) is 5.09. The highest BCUT2D eigenvalue weighted by Gasteiger charge is 2.81. The van der Waals surface area contributed by atoms with Crippen LogP contribution in [0.5, 0.6) is 0 Å². The number of hydrogen-bond acceptors (Lipinski definition) is 6. The van der Waals surface area contributed by atoms with Crippen LogP contribution in [0.25, 0.3) is 0 Å². The van der Waals surface area contributed by atoms with Gasteiger partial charge in [0.15, 0.2) is 0 Å². The van der Waals surface area contributed by atoms with E-state index in [0.717, 1.165) is 0 Å². The van der Waals surface area contributed by atoms with Gasteiger partial charge in [0.2, 0.25) is 5.91 Å². The van der Waals surface area contributed by atoms with Gasteiger partial charge in [0.1, 0.15) is 17.6 Å². The molecule has 1 N–H and O–H groups in total. The Bertz CT molecular complexity index is 1380. The largest absolute Gasteiger partial charge is 0.465 e. The van der Waals surface area contributed by atoms with Gasteiger partial charge in [0, 0.05) is 17.3 Å². The Morgan fingerprint density at radius 1 is 1.19 bits per heavy atom. The number of benzene rings is 2. The number of halogens is 1. The molecule has 0 radical (unpaired) electrons. The molecule has 3 unspecified atom stereocenters. The predicted octanol–water partition coefficient (Wildman–Crippen LogP) is 5.11. The number of ether oxygens (including phenoxy) is 2. The Morgan fingerprint density at radius 3 is 2.51 bits per heavy atom. The maximum absolute atomic E-state index is 14.8. The number of carbonyl (C=O) groups is 3. The molecule has 3 saturated heterocycles. The Kier molecular flexibility index (Phi) is 8.84. The molecule has 3 aliphatic rings. The summed E-state index contributed by atoms with van der Waals surface area (Å²) in [5.74, 6) is -3.31. The van der Waals surface area contributed by atoms with Crippen LogP contribution in [0.15, 0.2) is 79.9 Å². The second kappa shape index (κ2) is 12.3. The van der Waals surface area contributed by atoms with Crippen molar-refractivity contribution in [1.29, 1.82) is 0 Å². The average molecular weight is 607 g/mol. The average Bonchev–Trinajstić information content (AvgIpc) is 3.52. The quantitative estimate of drug-likeness (QED) is 0.205. The number of hydrogen-bond donors (Lipinski definition) is 1. The van der Waals surface area contributed by atoms with Crippen LogP contribution in [0.1, 0.15) is 44.7 Å². The monoisotopic (exact) mass is 606 g/mol. The molecule has 8 nitrogen and oxygen atoms in total. The summed E-state index contributed by atoms with van der Waals surface area (Å²) in [6.45, 7) is 11.3. The molecule has 228 valence electrons. The van der Waals surface area contributed by atoms with Gasteiger partial charge in [-0.25, -0.2) is 0 Å². The van der Waals surface area contributed by atoms with E-state index in [2.05, 4.69) is 13.2 Å². The van der Waals surface area contributed by atoms with E-state index >= 15 is 0 Å². The first-order chi connectivity index (χ1) is 20.6. The molecule has 3 fully saturated rings. The lowest BCUT2D eigenvalue weighted by molar-refractivity contribution is -0.162. The second-order valence-electron chi connectivity index (χ2n) is 11.9. The van der Waals surface area contributed by atoms with E-state index in [9.17, 15) is 19.5 Å². The lowest BCUT2D eigenvalue weighted by Gasteiger charge is -2.39. The van der Waals surface area contributed by atoms with Gasteiger partial charge in [0.25, 0.3) is 5.91 Å². The van der Waals surface area contributed by atoms with Crippen molar-refractivity contribution in [3.63, 3.8) is 0 Å². The number of aliphatic hydroxyl groups is 1. The van der Waals surface area contributed by atoms with Gasteiger partial charge in [-0.2, -0.15) is 0 Å². The number of carbonyl (C=O) groups excluding carboxylic acids is 3. The van der Waals surface area contributed by atoms with Crippen LogP contribution >= 0.6 is 11.6 Å². The molecule has 2 amide bonds. The number of aliphatic hydroxyl groups excluding tert-OH is 1. The Morgan fingerprint density at radius 2 is 1.88 bits per heavy atom. The fourth-order valence-electron chi connectivity index (χ4n) is 7.39. The Labute approximate surface area is 257 Å². The number of unbranched alkanes of at least 4 members (excludes halogenated alkanes) is 1. The second-order valence-corrected chi connectivity index (χ2v) is 12.3. The number of nitrogens with zero attached hydrogens (tertiary/aromatic N) is 2. The number of allylic oxidation sites excluding steroid dienone is 1. The summed E-state index contributed by atoms with van der Waals surface area (Å²) in [6.07, 6.45) is 5.07. The van der Waals surface area contributed by atoms with Gasteiger partial charge in [-0.3, -0.25) is 14.4 Å². The van der Waals surface area contributed by atoms with E-state index < -0.39 is 53.6 Å². The van der Waals surface area contributed by atoms with Gasteiger partial charge in [0.05, 0.1) is 30.8 Å². The highest BCUT2D eigenvalue weighted by molar-refractivity contribution is 6.30. The maximum Gasteiger partial charge on any atom is 0.312 e. The fraction of sp³-hybridized carbons (Fsp3) is 0.441. The first-order valence-corrected chi connectivity index (χ1v) is 15.2. The first kappa shape index (κ1) is 31.0. The van der Waals surface area contributed by atoms with Crippen LogP contribution in [0.3, 0.4) is 0 Å². The fourth-order valence-corrected chi connectivity index (χ4v) is 7.52. The van der Waals surface area contributed by atoms with E-state index in [1.807, 2.05) is 44.2 Å². The number of anilines is 1. The third-order valence-electron chi connectivity index (χ3n) is 9.45. The zero-order valence-corrected chi connectivity index (χ0v) is 25.4. The molecule has 5 rings (SSSR count).